The maximum atomic E-state index is 13.1. The summed E-state index contributed by atoms with van der Waals surface area (Å²) in [5.41, 5.74) is 3.04. The lowest BCUT2D eigenvalue weighted by molar-refractivity contribution is 0.628. The molecule has 0 aliphatic heterocycles. The highest BCUT2D eigenvalue weighted by atomic mass is 35.5. The summed E-state index contributed by atoms with van der Waals surface area (Å²) in [4.78, 5) is 2.01. The summed E-state index contributed by atoms with van der Waals surface area (Å²) in [5, 5.41) is 4.22. The number of nitrogens with zero attached hydrogens (tertiary/aromatic N) is 1. The van der Waals surface area contributed by atoms with Crippen LogP contribution in [0.1, 0.15) is 18.4 Å². The summed E-state index contributed by atoms with van der Waals surface area (Å²) >= 11 is 6.39. The predicted molar refractivity (Wildman–Crippen MR) is 85.8 cm³/mol. The molecule has 1 fully saturated rings. The SMILES string of the molecule is CN(c1ccc(F)cc1)c1c(Cl)cccc1CNC1CC1. The van der Waals surface area contributed by atoms with Crippen molar-refractivity contribution in [2.75, 3.05) is 11.9 Å². The molecule has 2 aromatic rings. The Morgan fingerprint density at radius 2 is 1.90 bits per heavy atom. The van der Waals surface area contributed by atoms with Gasteiger partial charge >= 0.3 is 0 Å². The van der Waals surface area contributed by atoms with Gasteiger partial charge in [-0.1, -0.05) is 23.7 Å². The van der Waals surface area contributed by atoms with E-state index in [9.17, 15) is 4.39 Å². The number of hydrogen-bond acceptors (Lipinski definition) is 2. The first kappa shape index (κ1) is 14.4. The number of nitrogens with one attached hydrogen (secondary N) is 1. The van der Waals surface area contributed by atoms with Gasteiger partial charge in [0.25, 0.3) is 0 Å². The molecule has 0 radical (unpaired) electrons. The summed E-state index contributed by atoms with van der Waals surface area (Å²) in [6.45, 7) is 0.798. The Morgan fingerprint density at radius 1 is 1.19 bits per heavy atom. The van der Waals surface area contributed by atoms with Gasteiger partial charge in [-0.2, -0.15) is 0 Å². The van der Waals surface area contributed by atoms with Crippen LogP contribution in [0.4, 0.5) is 15.8 Å². The van der Waals surface area contributed by atoms with E-state index < -0.39 is 0 Å². The van der Waals surface area contributed by atoms with Crippen molar-refractivity contribution in [3.8, 4) is 0 Å². The summed E-state index contributed by atoms with van der Waals surface area (Å²) < 4.78 is 13.1. The van der Waals surface area contributed by atoms with Gasteiger partial charge in [0.1, 0.15) is 5.82 Å². The first-order chi connectivity index (χ1) is 10.1. The molecule has 0 aromatic heterocycles. The lowest BCUT2D eigenvalue weighted by Crippen LogP contribution is -2.19. The number of para-hydroxylation sites is 1. The summed E-state index contributed by atoms with van der Waals surface area (Å²) in [5.74, 6) is -0.234. The Kier molecular flexibility index (Phi) is 4.13. The Balaban J connectivity index is 1.89. The van der Waals surface area contributed by atoms with Crippen LogP contribution in [0.25, 0.3) is 0 Å². The average molecular weight is 305 g/mol. The van der Waals surface area contributed by atoms with E-state index >= 15 is 0 Å². The fourth-order valence-electron chi connectivity index (χ4n) is 2.41. The molecule has 0 heterocycles. The number of benzene rings is 2. The molecule has 4 heteroatoms. The quantitative estimate of drug-likeness (QED) is 0.875. The minimum absolute atomic E-state index is 0.234. The zero-order valence-corrected chi connectivity index (χ0v) is 12.7. The molecule has 2 nitrogen and oxygen atoms in total. The van der Waals surface area contributed by atoms with Crippen LogP contribution in [0.5, 0.6) is 0 Å². The summed E-state index contributed by atoms with van der Waals surface area (Å²) in [7, 11) is 1.95. The van der Waals surface area contributed by atoms with Crippen molar-refractivity contribution in [3.05, 3.63) is 58.9 Å². The Labute approximate surface area is 129 Å². The van der Waals surface area contributed by atoms with Gasteiger partial charge in [-0.3, -0.25) is 0 Å². The molecule has 1 aliphatic rings. The molecule has 110 valence electrons. The first-order valence-electron chi connectivity index (χ1n) is 7.15. The standard InChI is InChI=1S/C17H18ClFN2/c1-21(15-9-5-13(19)6-10-15)17-12(3-2-4-16(17)18)11-20-14-7-8-14/h2-6,9-10,14,20H,7-8,11H2,1H3. The van der Waals surface area contributed by atoms with Gasteiger partial charge in [0, 0.05) is 25.3 Å². The zero-order chi connectivity index (χ0) is 14.8. The van der Waals surface area contributed by atoms with Crippen LogP contribution in [-0.4, -0.2) is 13.1 Å². The Morgan fingerprint density at radius 3 is 2.57 bits per heavy atom. The van der Waals surface area contributed by atoms with Crippen LogP contribution in [0, 0.1) is 5.82 Å². The zero-order valence-electron chi connectivity index (χ0n) is 11.9. The molecule has 21 heavy (non-hydrogen) atoms. The highest BCUT2D eigenvalue weighted by Crippen LogP contribution is 2.34. The molecule has 0 bridgehead atoms. The van der Waals surface area contributed by atoms with E-state index in [0.717, 1.165) is 23.5 Å². The van der Waals surface area contributed by atoms with Gasteiger partial charge in [0.15, 0.2) is 0 Å². The lowest BCUT2D eigenvalue weighted by Gasteiger charge is -2.24. The molecule has 3 rings (SSSR count). The molecule has 1 saturated carbocycles. The van der Waals surface area contributed by atoms with E-state index in [1.165, 1.54) is 25.0 Å². The van der Waals surface area contributed by atoms with Crippen molar-refractivity contribution < 1.29 is 4.39 Å². The second-order valence-electron chi connectivity index (χ2n) is 5.44. The Hall–Kier alpha value is -1.58. The fourth-order valence-corrected chi connectivity index (χ4v) is 2.73. The van der Waals surface area contributed by atoms with Gasteiger partial charge in [-0.15, -0.1) is 0 Å². The minimum atomic E-state index is -0.234. The molecule has 0 amide bonds. The Bertz CT molecular complexity index is 623. The van der Waals surface area contributed by atoms with Gasteiger partial charge in [-0.05, 0) is 48.7 Å². The van der Waals surface area contributed by atoms with Crippen molar-refractivity contribution in [2.45, 2.75) is 25.4 Å². The van der Waals surface area contributed by atoms with Crippen molar-refractivity contribution in [1.82, 2.24) is 5.32 Å². The molecule has 2 aromatic carbocycles. The molecule has 0 spiro atoms. The highest BCUT2D eigenvalue weighted by molar-refractivity contribution is 6.33. The van der Waals surface area contributed by atoms with E-state index in [2.05, 4.69) is 11.4 Å². The minimum Gasteiger partial charge on any atom is -0.343 e. The topological polar surface area (TPSA) is 15.3 Å². The average Bonchev–Trinajstić information content (AvgIpc) is 3.29. The van der Waals surface area contributed by atoms with Gasteiger partial charge in [-0.25, -0.2) is 4.39 Å². The third kappa shape index (κ3) is 3.36. The number of halogens is 2. The lowest BCUT2D eigenvalue weighted by atomic mass is 10.1. The van der Waals surface area contributed by atoms with Gasteiger partial charge in [0.05, 0.1) is 10.7 Å². The van der Waals surface area contributed by atoms with Crippen LogP contribution in [-0.2, 0) is 6.54 Å². The van der Waals surface area contributed by atoms with Crippen LogP contribution >= 0.6 is 11.6 Å². The number of anilines is 2. The van der Waals surface area contributed by atoms with Crippen LogP contribution in [0.2, 0.25) is 5.02 Å². The van der Waals surface area contributed by atoms with E-state index in [4.69, 9.17) is 11.6 Å². The maximum Gasteiger partial charge on any atom is 0.123 e. The third-order valence-electron chi connectivity index (χ3n) is 3.78. The first-order valence-corrected chi connectivity index (χ1v) is 7.53. The molecule has 0 saturated heterocycles. The van der Waals surface area contributed by atoms with Crippen molar-refractivity contribution >= 4 is 23.0 Å². The van der Waals surface area contributed by atoms with Crippen LogP contribution < -0.4 is 10.2 Å². The summed E-state index contributed by atoms with van der Waals surface area (Å²) in [6, 6.07) is 13.0. The van der Waals surface area contributed by atoms with E-state index in [-0.39, 0.29) is 5.82 Å². The fraction of sp³-hybridized carbons (Fsp3) is 0.294. The van der Waals surface area contributed by atoms with Crippen LogP contribution in [0.15, 0.2) is 42.5 Å². The smallest absolute Gasteiger partial charge is 0.123 e. The van der Waals surface area contributed by atoms with Crippen LogP contribution in [0.3, 0.4) is 0 Å². The second kappa shape index (κ2) is 6.04. The largest absolute Gasteiger partial charge is 0.343 e. The highest BCUT2D eigenvalue weighted by Gasteiger charge is 2.21. The molecule has 0 atom stereocenters. The van der Waals surface area contributed by atoms with Crippen molar-refractivity contribution in [3.63, 3.8) is 0 Å². The molecule has 0 unspecified atom stereocenters. The van der Waals surface area contributed by atoms with E-state index in [1.54, 1.807) is 12.1 Å². The molecule has 1 N–H and O–H groups in total. The molecule has 1 aliphatic carbocycles. The van der Waals surface area contributed by atoms with Gasteiger partial charge in [0.2, 0.25) is 0 Å². The molecular weight excluding hydrogens is 287 g/mol. The van der Waals surface area contributed by atoms with Crippen molar-refractivity contribution in [2.24, 2.45) is 0 Å². The number of rotatable bonds is 5. The monoisotopic (exact) mass is 304 g/mol. The third-order valence-corrected chi connectivity index (χ3v) is 4.08. The van der Waals surface area contributed by atoms with E-state index in [0.29, 0.717) is 11.1 Å². The predicted octanol–water partition coefficient (Wildman–Crippen LogP) is 4.50. The van der Waals surface area contributed by atoms with Gasteiger partial charge < -0.3 is 10.2 Å². The van der Waals surface area contributed by atoms with Crippen molar-refractivity contribution in [1.29, 1.82) is 0 Å². The van der Waals surface area contributed by atoms with E-state index in [1.807, 2.05) is 24.1 Å². The second-order valence-corrected chi connectivity index (χ2v) is 5.85. The molecular formula is C17H18ClFN2. The normalized spacial score (nSPS) is 14.2. The summed E-state index contributed by atoms with van der Waals surface area (Å²) in [6.07, 6.45) is 2.51. The number of hydrogen-bond donors (Lipinski definition) is 1. The maximum absolute atomic E-state index is 13.1.